The molecule has 0 unspecified atom stereocenters. The van der Waals surface area contributed by atoms with Crippen LogP contribution in [0.2, 0.25) is 0 Å². The van der Waals surface area contributed by atoms with Gasteiger partial charge in [0.2, 0.25) is 11.9 Å². The number of anilines is 1. The van der Waals surface area contributed by atoms with Gasteiger partial charge in [-0.3, -0.25) is 14.6 Å². The highest BCUT2D eigenvalue weighted by Gasteiger charge is 2.06. The molecule has 126 valence electrons. The van der Waals surface area contributed by atoms with E-state index in [9.17, 15) is 9.59 Å². The Morgan fingerprint density at radius 3 is 2.72 bits per heavy atom. The Kier molecular flexibility index (Phi) is 4.42. The molecular formula is C17H15N5O3. The molecule has 0 aliphatic rings. The summed E-state index contributed by atoms with van der Waals surface area (Å²) in [5.74, 6) is -1.13. The molecule has 0 radical (unpaired) electrons. The average Bonchev–Trinajstić information content (AvgIpc) is 2.53. The van der Waals surface area contributed by atoms with Gasteiger partial charge in [-0.1, -0.05) is 30.3 Å². The molecule has 2 aromatic carbocycles. The number of carboxylic acids is 1. The Hall–Kier alpha value is -3.68. The Balaban J connectivity index is 1.84. The fourth-order valence-electron chi connectivity index (χ4n) is 2.35. The lowest BCUT2D eigenvalue weighted by Crippen LogP contribution is -2.22. The van der Waals surface area contributed by atoms with Crippen molar-refractivity contribution in [3.63, 3.8) is 0 Å². The van der Waals surface area contributed by atoms with Gasteiger partial charge >= 0.3 is 5.97 Å². The number of carbonyl (C=O) groups is 1. The van der Waals surface area contributed by atoms with Gasteiger partial charge in [0.1, 0.15) is 0 Å². The minimum absolute atomic E-state index is 0.0194. The lowest BCUT2D eigenvalue weighted by atomic mass is 10.1. The maximum Gasteiger partial charge on any atom is 0.309 e. The Morgan fingerprint density at radius 2 is 1.96 bits per heavy atom. The van der Waals surface area contributed by atoms with E-state index >= 15 is 0 Å². The largest absolute Gasteiger partial charge is 0.481 e. The molecule has 0 saturated heterocycles. The van der Waals surface area contributed by atoms with Crippen LogP contribution in [-0.2, 0) is 11.2 Å². The highest BCUT2D eigenvalue weighted by molar-refractivity contribution is 5.96. The molecule has 0 bridgehead atoms. The normalized spacial score (nSPS) is 11.4. The Morgan fingerprint density at radius 1 is 1.20 bits per heavy atom. The molecule has 8 nitrogen and oxygen atoms in total. The third-order valence-corrected chi connectivity index (χ3v) is 3.36. The molecule has 3 aromatic rings. The van der Waals surface area contributed by atoms with Crippen molar-refractivity contribution >= 4 is 34.3 Å². The molecule has 0 aliphatic heterocycles. The molecule has 0 aliphatic carbocycles. The van der Waals surface area contributed by atoms with Gasteiger partial charge in [-0.2, -0.15) is 4.99 Å². The van der Waals surface area contributed by atoms with E-state index in [0.717, 1.165) is 22.5 Å². The van der Waals surface area contributed by atoms with Gasteiger partial charge in [-0.05, 0) is 22.9 Å². The average molecular weight is 337 g/mol. The zero-order valence-electron chi connectivity index (χ0n) is 13.1. The zero-order valence-corrected chi connectivity index (χ0v) is 13.1. The molecule has 0 amide bonds. The molecule has 0 spiro atoms. The molecule has 1 aromatic heterocycles. The first-order valence-electron chi connectivity index (χ1n) is 7.41. The predicted octanol–water partition coefficient (Wildman–Crippen LogP) is 1.61. The molecular weight excluding hydrogens is 322 g/mol. The standard InChI is InChI=1S/C17H15N5O3/c18-16(19-12-6-5-10-3-1-2-4-11(10)7-12)22-17-20-13(9-15(24)25)8-14(23)21-17/h1-8H,9H2,(H,24,25)(H4,18,19,20,21,22,23). The van der Waals surface area contributed by atoms with E-state index in [0.29, 0.717) is 0 Å². The second kappa shape index (κ2) is 6.83. The van der Waals surface area contributed by atoms with E-state index in [-0.39, 0.29) is 24.0 Å². The van der Waals surface area contributed by atoms with Crippen molar-refractivity contribution in [1.29, 1.82) is 0 Å². The molecule has 3 rings (SSSR count). The summed E-state index contributed by atoms with van der Waals surface area (Å²) in [6.07, 6.45) is -0.371. The number of aliphatic imine (C=N–C) groups is 1. The van der Waals surface area contributed by atoms with Crippen LogP contribution in [0.15, 0.2) is 58.3 Å². The van der Waals surface area contributed by atoms with E-state index in [1.54, 1.807) is 0 Å². The smallest absolute Gasteiger partial charge is 0.309 e. The zero-order chi connectivity index (χ0) is 17.8. The third kappa shape index (κ3) is 4.20. The van der Waals surface area contributed by atoms with Crippen molar-refractivity contribution in [1.82, 2.24) is 9.97 Å². The number of guanidine groups is 1. The number of hydrogen-bond acceptors (Lipinski definition) is 4. The van der Waals surface area contributed by atoms with E-state index in [1.807, 2.05) is 42.5 Å². The molecule has 25 heavy (non-hydrogen) atoms. The van der Waals surface area contributed by atoms with Crippen molar-refractivity contribution in [2.24, 2.45) is 10.7 Å². The van der Waals surface area contributed by atoms with Crippen molar-refractivity contribution in [2.75, 3.05) is 5.32 Å². The van der Waals surface area contributed by atoms with Gasteiger partial charge in [0.15, 0.2) is 0 Å². The van der Waals surface area contributed by atoms with Crippen LogP contribution in [0.25, 0.3) is 10.8 Å². The number of rotatable bonds is 4. The lowest BCUT2D eigenvalue weighted by molar-refractivity contribution is -0.136. The quantitative estimate of drug-likeness (QED) is 0.422. The summed E-state index contributed by atoms with van der Waals surface area (Å²) in [7, 11) is 0. The first-order chi connectivity index (χ1) is 12.0. The minimum Gasteiger partial charge on any atom is -0.481 e. The lowest BCUT2D eigenvalue weighted by Gasteiger charge is -2.07. The van der Waals surface area contributed by atoms with Crippen LogP contribution >= 0.6 is 0 Å². The summed E-state index contributed by atoms with van der Waals surface area (Å²) in [5, 5.41) is 13.8. The summed E-state index contributed by atoms with van der Waals surface area (Å²) in [6.45, 7) is 0. The van der Waals surface area contributed by atoms with Gasteiger partial charge in [-0.25, -0.2) is 4.98 Å². The van der Waals surface area contributed by atoms with Crippen LogP contribution in [0, 0.1) is 0 Å². The van der Waals surface area contributed by atoms with Crippen molar-refractivity contribution in [2.45, 2.75) is 6.42 Å². The van der Waals surface area contributed by atoms with Gasteiger partial charge in [0.25, 0.3) is 5.56 Å². The molecule has 1 heterocycles. The monoisotopic (exact) mass is 337 g/mol. The number of carboxylic acid groups (broad SMARTS) is 1. The number of aliphatic carboxylic acids is 1. The highest BCUT2D eigenvalue weighted by Crippen LogP contribution is 2.18. The van der Waals surface area contributed by atoms with Crippen molar-refractivity contribution in [3.05, 3.63) is 64.6 Å². The molecule has 0 fully saturated rings. The Labute approximate surface area is 142 Å². The first kappa shape index (κ1) is 16.2. The van der Waals surface area contributed by atoms with E-state index in [1.165, 1.54) is 0 Å². The second-order valence-electron chi connectivity index (χ2n) is 5.31. The van der Waals surface area contributed by atoms with Crippen LogP contribution in [0.3, 0.4) is 0 Å². The summed E-state index contributed by atoms with van der Waals surface area (Å²) >= 11 is 0. The number of fused-ring (bicyclic) bond motifs is 1. The minimum atomic E-state index is -1.09. The van der Waals surface area contributed by atoms with Crippen LogP contribution in [0.1, 0.15) is 5.69 Å². The number of H-pyrrole nitrogens is 1. The number of aromatic amines is 1. The van der Waals surface area contributed by atoms with Crippen molar-refractivity contribution < 1.29 is 9.90 Å². The Bertz CT molecular complexity index is 1030. The van der Waals surface area contributed by atoms with Crippen molar-refractivity contribution in [3.8, 4) is 0 Å². The number of nitrogens with zero attached hydrogens (tertiary/aromatic N) is 2. The van der Waals surface area contributed by atoms with Crippen LogP contribution in [0.5, 0.6) is 0 Å². The predicted molar refractivity (Wildman–Crippen MR) is 95.1 cm³/mol. The number of aromatic nitrogens is 2. The van der Waals surface area contributed by atoms with E-state index in [4.69, 9.17) is 10.8 Å². The summed E-state index contributed by atoms with van der Waals surface area (Å²) < 4.78 is 0. The fraction of sp³-hybridized carbons (Fsp3) is 0.0588. The van der Waals surface area contributed by atoms with E-state index in [2.05, 4.69) is 20.3 Å². The van der Waals surface area contributed by atoms with Gasteiger partial charge in [0.05, 0.1) is 12.1 Å². The molecule has 8 heteroatoms. The van der Waals surface area contributed by atoms with Gasteiger partial charge in [-0.15, -0.1) is 0 Å². The number of nitrogens with two attached hydrogens (primary N) is 1. The van der Waals surface area contributed by atoms with Crippen LogP contribution < -0.4 is 16.6 Å². The first-order valence-corrected chi connectivity index (χ1v) is 7.41. The maximum absolute atomic E-state index is 11.6. The van der Waals surface area contributed by atoms with Gasteiger partial charge in [0, 0.05) is 11.8 Å². The van der Waals surface area contributed by atoms with Crippen LogP contribution in [0.4, 0.5) is 11.6 Å². The topological polar surface area (TPSA) is 133 Å². The molecule has 0 saturated carbocycles. The third-order valence-electron chi connectivity index (χ3n) is 3.36. The fourth-order valence-corrected chi connectivity index (χ4v) is 2.35. The number of nitrogens with one attached hydrogen (secondary N) is 2. The highest BCUT2D eigenvalue weighted by atomic mass is 16.4. The molecule has 5 N–H and O–H groups in total. The summed E-state index contributed by atoms with van der Waals surface area (Å²) in [5.41, 5.74) is 6.18. The van der Waals surface area contributed by atoms with Crippen LogP contribution in [-0.4, -0.2) is 27.0 Å². The number of benzene rings is 2. The summed E-state index contributed by atoms with van der Waals surface area (Å²) in [4.78, 5) is 32.6. The number of hydrogen-bond donors (Lipinski definition) is 4. The van der Waals surface area contributed by atoms with E-state index < -0.39 is 11.5 Å². The maximum atomic E-state index is 11.6. The second-order valence-corrected chi connectivity index (χ2v) is 5.31. The molecule has 0 atom stereocenters. The summed E-state index contributed by atoms with van der Waals surface area (Å²) in [6, 6.07) is 14.7. The van der Waals surface area contributed by atoms with Gasteiger partial charge < -0.3 is 16.2 Å². The SMILES string of the molecule is N/C(=N\c1nc(CC(=O)O)cc(=O)[nH]1)Nc1ccc2ccccc2c1.